The molecule has 0 saturated carbocycles. The van der Waals surface area contributed by atoms with Crippen molar-refractivity contribution in [1.29, 1.82) is 0 Å². The van der Waals surface area contributed by atoms with E-state index in [2.05, 4.69) is 16.7 Å². The van der Waals surface area contributed by atoms with Crippen LogP contribution in [0.4, 0.5) is 5.69 Å². The lowest BCUT2D eigenvalue weighted by Crippen LogP contribution is -2.13. The zero-order chi connectivity index (χ0) is 19.3. The van der Waals surface area contributed by atoms with Gasteiger partial charge < -0.3 is 0 Å². The molecular formula is C21H27N3O2S. The van der Waals surface area contributed by atoms with E-state index in [9.17, 15) is 8.42 Å². The van der Waals surface area contributed by atoms with Crippen molar-refractivity contribution in [3.05, 3.63) is 54.2 Å². The molecule has 0 fully saturated rings. The first-order valence-corrected chi connectivity index (χ1v) is 11.0. The number of nitrogens with zero attached hydrogens (tertiary/aromatic N) is 2. The van der Waals surface area contributed by atoms with E-state index in [1.54, 1.807) is 30.3 Å². The summed E-state index contributed by atoms with van der Waals surface area (Å²) in [6.07, 6.45) is 7.85. The van der Waals surface area contributed by atoms with Crippen LogP contribution in [0.3, 0.4) is 0 Å². The normalized spacial score (nSPS) is 11.8. The number of aryl methyl sites for hydroxylation is 2. The van der Waals surface area contributed by atoms with E-state index in [1.807, 2.05) is 29.9 Å². The minimum absolute atomic E-state index is 0.262. The molecule has 144 valence electrons. The summed E-state index contributed by atoms with van der Waals surface area (Å²) < 4.78 is 29.9. The maximum atomic E-state index is 12.6. The molecule has 0 spiro atoms. The Bertz CT molecular complexity index is 992. The maximum Gasteiger partial charge on any atom is 0.261 e. The number of sulfonamides is 1. The number of fused-ring (bicyclic) bond motifs is 1. The summed E-state index contributed by atoms with van der Waals surface area (Å²) in [7, 11) is -3.60. The van der Waals surface area contributed by atoms with Crippen molar-refractivity contribution >= 4 is 26.6 Å². The molecule has 0 aliphatic heterocycles. The molecule has 2 aromatic carbocycles. The summed E-state index contributed by atoms with van der Waals surface area (Å²) in [5, 5.41) is 5.47. The van der Waals surface area contributed by atoms with Crippen LogP contribution in [-0.2, 0) is 16.6 Å². The molecule has 0 unspecified atom stereocenters. The molecule has 0 radical (unpaired) electrons. The van der Waals surface area contributed by atoms with E-state index in [1.165, 1.54) is 25.7 Å². The molecule has 0 aliphatic carbocycles. The van der Waals surface area contributed by atoms with Gasteiger partial charge >= 0.3 is 0 Å². The van der Waals surface area contributed by atoms with E-state index < -0.39 is 10.0 Å². The Kier molecular flexibility index (Phi) is 6.16. The van der Waals surface area contributed by atoms with Crippen LogP contribution in [0, 0.1) is 6.92 Å². The molecule has 0 atom stereocenters. The Morgan fingerprint density at radius 2 is 1.74 bits per heavy atom. The van der Waals surface area contributed by atoms with Crippen LogP contribution in [0.2, 0.25) is 0 Å². The van der Waals surface area contributed by atoms with Crippen molar-refractivity contribution in [2.24, 2.45) is 0 Å². The maximum absolute atomic E-state index is 12.6. The number of nitrogens with one attached hydrogen (secondary N) is 1. The Morgan fingerprint density at radius 3 is 2.48 bits per heavy atom. The van der Waals surface area contributed by atoms with Gasteiger partial charge in [0, 0.05) is 11.9 Å². The molecule has 3 rings (SSSR count). The molecule has 0 saturated heterocycles. The van der Waals surface area contributed by atoms with E-state index in [4.69, 9.17) is 0 Å². The van der Waals surface area contributed by atoms with Crippen molar-refractivity contribution in [3.8, 4) is 0 Å². The summed E-state index contributed by atoms with van der Waals surface area (Å²) in [4.78, 5) is 0.262. The zero-order valence-corrected chi connectivity index (χ0v) is 16.8. The van der Waals surface area contributed by atoms with Gasteiger partial charge in [-0.25, -0.2) is 8.42 Å². The molecule has 1 N–H and O–H groups in total. The molecule has 27 heavy (non-hydrogen) atoms. The van der Waals surface area contributed by atoms with E-state index in [0.29, 0.717) is 5.69 Å². The van der Waals surface area contributed by atoms with Gasteiger partial charge in [-0.1, -0.05) is 50.3 Å². The molecule has 0 amide bonds. The first-order chi connectivity index (χ1) is 13.0. The fraction of sp³-hybridized carbons (Fsp3) is 0.381. The lowest BCUT2D eigenvalue weighted by atomic mass is 10.1. The van der Waals surface area contributed by atoms with Gasteiger partial charge in [-0.3, -0.25) is 9.40 Å². The minimum atomic E-state index is -3.60. The third-order valence-corrected chi connectivity index (χ3v) is 6.10. The van der Waals surface area contributed by atoms with Crippen molar-refractivity contribution in [2.45, 2.75) is 57.4 Å². The number of aromatic nitrogens is 2. The second-order valence-electron chi connectivity index (χ2n) is 6.97. The summed E-state index contributed by atoms with van der Waals surface area (Å²) in [5.41, 5.74) is 2.53. The number of unbranched alkanes of at least 4 members (excludes halogenated alkanes) is 4. The Morgan fingerprint density at radius 1 is 1.00 bits per heavy atom. The third-order valence-electron chi connectivity index (χ3n) is 4.70. The standard InChI is InChI=1S/C21H27N3O2S/c1-3-4-5-6-7-14-24-21-15-19(11-10-18(21)16-22-24)23-27(25,26)20-12-8-17(2)9-13-20/h8-13,15-16,23H,3-7,14H2,1-2H3. The van der Waals surface area contributed by atoms with Crippen LogP contribution in [0.5, 0.6) is 0 Å². The van der Waals surface area contributed by atoms with Crippen LogP contribution in [0.1, 0.15) is 44.6 Å². The molecule has 5 nitrogen and oxygen atoms in total. The van der Waals surface area contributed by atoms with Crippen LogP contribution in [0.25, 0.3) is 10.9 Å². The van der Waals surface area contributed by atoms with Crippen LogP contribution in [0.15, 0.2) is 53.6 Å². The van der Waals surface area contributed by atoms with Crippen LogP contribution in [-0.4, -0.2) is 18.2 Å². The van der Waals surface area contributed by atoms with Gasteiger partial charge in [0.1, 0.15) is 0 Å². The summed E-state index contributed by atoms with van der Waals surface area (Å²) in [6.45, 7) is 4.99. The smallest absolute Gasteiger partial charge is 0.261 e. The Hall–Kier alpha value is -2.34. The average Bonchev–Trinajstić information content (AvgIpc) is 3.04. The molecule has 1 aromatic heterocycles. The van der Waals surface area contributed by atoms with Gasteiger partial charge in [-0.15, -0.1) is 0 Å². The van der Waals surface area contributed by atoms with Gasteiger partial charge in [0.25, 0.3) is 10.0 Å². The summed E-state index contributed by atoms with van der Waals surface area (Å²) in [5.74, 6) is 0. The molecule has 1 heterocycles. The SMILES string of the molecule is CCCCCCCn1ncc2ccc(NS(=O)(=O)c3ccc(C)cc3)cc21. The zero-order valence-electron chi connectivity index (χ0n) is 16.0. The highest BCUT2D eigenvalue weighted by atomic mass is 32.2. The Balaban J connectivity index is 1.75. The van der Waals surface area contributed by atoms with E-state index in [-0.39, 0.29) is 4.90 Å². The fourth-order valence-electron chi connectivity index (χ4n) is 3.11. The quantitative estimate of drug-likeness (QED) is 0.520. The second-order valence-corrected chi connectivity index (χ2v) is 8.66. The minimum Gasteiger partial charge on any atom is -0.280 e. The van der Waals surface area contributed by atoms with Crippen molar-refractivity contribution < 1.29 is 8.42 Å². The number of hydrogen-bond donors (Lipinski definition) is 1. The largest absolute Gasteiger partial charge is 0.280 e. The van der Waals surface area contributed by atoms with E-state index in [0.717, 1.165) is 29.4 Å². The molecular weight excluding hydrogens is 358 g/mol. The summed E-state index contributed by atoms with van der Waals surface area (Å²) >= 11 is 0. The van der Waals surface area contributed by atoms with Crippen molar-refractivity contribution in [3.63, 3.8) is 0 Å². The first-order valence-electron chi connectivity index (χ1n) is 9.54. The number of rotatable bonds is 9. The molecule has 6 heteroatoms. The second kappa shape index (κ2) is 8.57. The van der Waals surface area contributed by atoms with Crippen LogP contribution < -0.4 is 4.72 Å². The number of benzene rings is 2. The van der Waals surface area contributed by atoms with Gasteiger partial charge in [-0.2, -0.15) is 5.10 Å². The third kappa shape index (κ3) is 4.89. The lowest BCUT2D eigenvalue weighted by Gasteiger charge is -2.09. The van der Waals surface area contributed by atoms with Crippen molar-refractivity contribution in [2.75, 3.05) is 4.72 Å². The Labute approximate surface area is 161 Å². The predicted molar refractivity (Wildman–Crippen MR) is 110 cm³/mol. The summed E-state index contributed by atoms with van der Waals surface area (Å²) in [6, 6.07) is 12.4. The molecule has 0 aliphatic rings. The highest BCUT2D eigenvalue weighted by molar-refractivity contribution is 7.92. The van der Waals surface area contributed by atoms with Gasteiger partial charge in [0.15, 0.2) is 0 Å². The van der Waals surface area contributed by atoms with Gasteiger partial charge in [0.05, 0.1) is 22.3 Å². The van der Waals surface area contributed by atoms with E-state index >= 15 is 0 Å². The fourth-order valence-corrected chi connectivity index (χ4v) is 4.16. The topological polar surface area (TPSA) is 64.0 Å². The van der Waals surface area contributed by atoms with Crippen molar-refractivity contribution in [1.82, 2.24) is 9.78 Å². The average molecular weight is 386 g/mol. The van der Waals surface area contributed by atoms with Gasteiger partial charge in [-0.05, 0) is 43.7 Å². The lowest BCUT2D eigenvalue weighted by molar-refractivity contribution is 0.544. The predicted octanol–water partition coefficient (Wildman–Crippen LogP) is 5.12. The van der Waals surface area contributed by atoms with Gasteiger partial charge in [0.2, 0.25) is 0 Å². The number of hydrogen-bond acceptors (Lipinski definition) is 3. The highest BCUT2D eigenvalue weighted by Gasteiger charge is 2.14. The monoisotopic (exact) mass is 385 g/mol. The highest BCUT2D eigenvalue weighted by Crippen LogP contribution is 2.22. The molecule has 3 aromatic rings. The number of anilines is 1. The molecule has 0 bridgehead atoms. The first kappa shape index (κ1) is 19.4. The van der Waals surface area contributed by atoms with Crippen LogP contribution >= 0.6 is 0 Å².